The van der Waals surface area contributed by atoms with Gasteiger partial charge < -0.3 is 9.80 Å². The van der Waals surface area contributed by atoms with Gasteiger partial charge >= 0.3 is 0 Å². The van der Waals surface area contributed by atoms with Crippen LogP contribution in [-0.4, -0.2) is 49.6 Å². The molecule has 0 aromatic carbocycles. The van der Waals surface area contributed by atoms with Crippen molar-refractivity contribution in [2.24, 2.45) is 11.3 Å². The lowest BCUT2D eigenvalue weighted by Crippen LogP contribution is -2.59. The Morgan fingerprint density at radius 1 is 1.24 bits per heavy atom. The van der Waals surface area contributed by atoms with Gasteiger partial charge in [0.25, 0.3) is 0 Å². The first-order chi connectivity index (χ1) is 7.95. The summed E-state index contributed by atoms with van der Waals surface area (Å²) in [4.78, 5) is 5.07. The van der Waals surface area contributed by atoms with Crippen LogP contribution in [0.25, 0.3) is 0 Å². The molecule has 1 saturated heterocycles. The molecule has 0 aromatic rings. The smallest absolute Gasteiger partial charge is 0.00601 e. The molecule has 1 aliphatic heterocycles. The minimum Gasteiger partial charge on any atom is -0.305 e. The second kappa shape index (κ2) is 8.10. The molecule has 0 atom stereocenters. The fourth-order valence-corrected chi connectivity index (χ4v) is 2.95. The van der Waals surface area contributed by atoms with Crippen molar-refractivity contribution in [2.45, 2.75) is 48.0 Å². The minimum absolute atomic E-state index is 0.554. The van der Waals surface area contributed by atoms with Gasteiger partial charge in [0.2, 0.25) is 0 Å². The molecule has 0 amide bonds. The quantitative estimate of drug-likeness (QED) is 0.705. The minimum atomic E-state index is 0.554. The molecule has 2 nitrogen and oxygen atoms in total. The maximum absolute atomic E-state index is 2.57. The Morgan fingerprint density at radius 3 is 2.18 bits per heavy atom. The molecule has 0 aromatic heterocycles. The van der Waals surface area contributed by atoms with Crippen molar-refractivity contribution < 1.29 is 0 Å². The average Bonchev–Trinajstić information content (AvgIpc) is 2.17. The first-order valence-electron chi connectivity index (χ1n) is 7.36. The van der Waals surface area contributed by atoms with Crippen LogP contribution < -0.4 is 0 Å². The van der Waals surface area contributed by atoms with Gasteiger partial charge in [0.05, 0.1) is 0 Å². The van der Waals surface area contributed by atoms with Crippen molar-refractivity contribution in [3.8, 4) is 0 Å². The molecule has 0 spiro atoms. The molecule has 0 N–H and O–H groups in total. The van der Waals surface area contributed by atoms with Crippen molar-refractivity contribution in [1.82, 2.24) is 9.80 Å². The van der Waals surface area contributed by atoms with E-state index in [1.54, 1.807) is 0 Å². The van der Waals surface area contributed by atoms with E-state index in [4.69, 9.17) is 0 Å². The highest BCUT2D eigenvalue weighted by atomic mass is 15.2. The van der Waals surface area contributed by atoms with E-state index in [1.165, 1.54) is 39.1 Å². The summed E-state index contributed by atoms with van der Waals surface area (Å²) in [5, 5.41) is 0. The number of likely N-dealkylation sites (tertiary alicyclic amines) is 1. The molecular formula is C15H34N2. The monoisotopic (exact) mass is 242 g/mol. The molecule has 17 heavy (non-hydrogen) atoms. The lowest BCUT2D eigenvalue weighted by molar-refractivity contribution is -0.00849. The standard InChI is InChI=1S/C13H28N2.C2H6/c1-6-7-15-10-13(4,11-15)9-14(5)8-12(2)3;1-2/h12H,6-11H2,1-5H3;1-2H3. The van der Waals surface area contributed by atoms with Crippen LogP contribution in [0, 0.1) is 11.3 Å². The molecule has 1 rings (SSSR count). The molecule has 104 valence electrons. The zero-order valence-electron chi connectivity index (χ0n) is 13.2. The van der Waals surface area contributed by atoms with E-state index in [0.29, 0.717) is 5.41 Å². The van der Waals surface area contributed by atoms with Crippen LogP contribution in [0.5, 0.6) is 0 Å². The summed E-state index contributed by atoms with van der Waals surface area (Å²) in [6.45, 7) is 19.6. The second-order valence-corrected chi connectivity index (χ2v) is 6.11. The van der Waals surface area contributed by atoms with E-state index in [2.05, 4.69) is 44.5 Å². The predicted octanol–water partition coefficient (Wildman–Crippen LogP) is 3.33. The van der Waals surface area contributed by atoms with Crippen molar-refractivity contribution in [3.63, 3.8) is 0 Å². The maximum atomic E-state index is 2.57. The molecule has 0 aliphatic carbocycles. The van der Waals surface area contributed by atoms with Gasteiger partial charge in [-0.2, -0.15) is 0 Å². The van der Waals surface area contributed by atoms with Crippen molar-refractivity contribution in [2.75, 3.05) is 39.8 Å². The normalized spacial score (nSPS) is 18.9. The Labute approximate surface area is 109 Å². The number of rotatable bonds is 6. The van der Waals surface area contributed by atoms with E-state index in [1.807, 2.05) is 13.8 Å². The fraction of sp³-hybridized carbons (Fsp3) is 1.00. The van der Waals surface area contributed by atoms with Crippen LogP contribution in [0.4, 0.5) is 0 Å². The maximum Gasteiger partial charge on any atom is 0.00601 e. The highest BCUT2D eigenvalue weighted by Crippen LogP contribution is 2.30. The van der Waals surface area contributed by atoms with Gasteiger partial charge in [0.15, 0.2) is 0 Å². The fourth-order valence-electron chi connectivity index (χ4n) is 2.95. The van der Waals surface area contributed by atoms with Gasteiger partial charge in [0, 0.05) is 31.6 Å². The van der Waals surface area contributed by atoms with Gasteiger partial charge in [-0.05, 0) is 25.9 Å². The predicted molar refractivity (Wildman–Crippen MR) is 78.5 cm³/mol. The third-order valence-corrected chi connectivity index (χ3v) is 3.08. The van der Waals surface area contributed by atoms with Crippen LogP contribution in [0.1, 0.15) is 48.0 Å². The van der Waals surface area contributed by atoms with Gasteiger partial charge in [0.1, 0.15) is 0 Å². The first-order valence-corrected chi connectivity index (χ1v) is 7.36. The van der Waals surface area contributed by atoms with Gasteiger partial charge in [-0.3, -0.25) is 0 Å². The van der Waals surface area contributed by atoms with Crippen LogP contribution in [0.15, 0.2) is 0 Å². The average molecular weight is 242 g/mol. The highest BCUT2D eigenvalue weighted by molar-refractivity contribution is 4.93. The number of nitrogens with zero attached hydrogens (tertiary/aromatic N) is 2. The van der Waals surface area contributed by atoms with E-state index >= 15 is 0 Å². The molecule has 1 aliphatic rings. The summed E-state index contributed by atoms with van der Waals surface area (Å²) in [6.07, 6.45) is 1.29. The van der Waals surface area contributed by atoms with Crippen LogP contribution in [-0.2, 0) is 0 Å². The first kappa shape index (κ1) is 16.9. The second-order valence-electron chi connectivity index (χ2n) is 6.11. The van der Waals surface area contributed by atoms with Crippen molar-refractivity contribution in [1.29, 1.82) is 0 Å². The Kier molecular flexibility index (Phi) is 8.06. The SMILES string of the molecule is CC.CCCN1CC(C)(CN(C)CC(C)C)C1. The van der Waals surface area contributed by atoms with E-state index < -0.39 is 0 Å². The topological polar surface area (TPSA) is 6.48 Å². The molecular weight excluding hydrogens is 208 g/mol. The molecule has 1 fully saturated rings. The summed E-state index contributed by atoms with van der Waals surface area (Å²) < 4.78 is 0. The lowest BCUT2D eigenvalue weighted by atomic mass is 9.81. The Balaban J connectivity index is 0.00000121. The molecule has 0 saturated carbocycles. The molecule has 2 heteroatoms. The third-order valence-electron chi connectivity index (χ3n) is 3.08. The Hall–Kier alpha value is -0.0800. The summed E-state index contributed by atoms with van der Waals surface area (Å²) in [6, 6.07) is 0. The van der Waals surface area contributed by atoms with Crippen molar-refractivity contribution in [3.05, 3.63) is 0 Å². The van der Waals surface area contributed by atoms with Crippen LogP contribution >= 0.6 is 0 Å². The van der Waals surface area contributed by atoms with Gasteiger partial charge in [-0.1, -0.05) is 41.5 Å². The third kappa shape index (κ3) is 6.42. The van der Waals surface area contributed by atoms with Crippen LogP contribution in [0.3, 0.4) is 0 Å². The number of hydrogen-bond donors (Lipinski definition) is 0. The summed E-state index contributed by atoms with van der Waals surface area (Å²) in [7, 11) is 2.26. The summed E-state index contributed by atoms with van der Waals surface area (Å²) >= 11 is 0. The Morgan fingerprint density at radius 2 is 1.76 bits per heavy atom. The molecule has 0 bridgehead atoms. The summed E-state index contributed by atoms with van der Waals surface area (Å²) in [5.41, 5.74) is 0.554. The number of hydrogen-bond acceptors (Lipinski definition) is 2. The zero-order valence-corrected chi connectivity index (χ0v) is 13.2. The molecule has 0 radical (unpaired) electrons. The van der Waals surface area contributed by atoms with Gasteiger partial charge in [-0.15, -0.1) is 0 Å². The Bertz CT molecular complexity index is 183. The van der Waals surface area contributed by atoms with E-state index in [-0.39, 0.29) is 0 Å². The summed E-state index contributed by atoms with van der Waals surface area (Å²) in [5.74, 6) is 0.783. The highest BCUT2D eigenvalue weighted by Gasteiger charge is 2.38. The van der Waals surface area contributed by atoms with E-state index in [0.717, 1.165) is 5.92 Å². The van der Waals surface area contributed by atoms with Crippen LogP contribution in [0.2, 0.25) is 0 Å². The molecule has 0 unspecified atom stereocenters. The zero-order chi connectivity index (χ0) is 13.5. The lowest BCUT2D eigenvalue weighted by Gasteiger charge is -2.50. The van der Waals surface area contributed by atoms with E-state index in [9.17, 15) is 0 Å². The van der Waals surface area contributed by atoms with Crippen molar-refractivity contribution >= 4 is 0 Å². The van der Waals surface area contributed by atoms with Gasteiger partial charge in [-0.25, -0.2) is 0 Å². The largest absolute Gasteiger partial charge is 0.305 e. The molecule has 1 heterocycles.